The number of amides is 1. The molecule has 1 amide bonds. The Morgan fingerprint density at radius 3 is 2.47 bits per heavy atom. The predicted molar refractivity (Wildman–Crippen MR) is 58.9 cm³/mol. The maximum Gasteiger partial charge on any atom is 0.223 e. The molecule has 3 nitrogen and oxygen atoms in total. The molecule has 92 valence electrons. The van der Waals surface area contributed by atoms with Crippen molar-refractivity contribution in [2.45, 2.75) is 13.0 Å². The number of carbonyl (C=O) groups is 1. The first kappa shape index (κ1) is 12.0. The summed E-state index contributed by atoms with van der Waals surface area (Å²) in [4.78, 5) is 13.2. The molecule has 0 aliphatic carbocycles. The lowest BCUT2D eigenvalue weighted by molar-refractivity contribution is -0.128. The molecule has 1 fully saturated rings. The molecule has 1 unspecified atom stereocenters. The number of halogens is 2. The van der Waals surface area contributed by atoms with Crippen LogP contribution in [0.15, 0.2) is 18.2 Å². The van der Waals surface area contributed by atoms with Crippen LogP contribution in [-0.2, 0) is 11.3 Å². The predicted octanol–water partition coefficient (Wildman–Crippen LogP) is 1.27. The molecule has 0 spiro atoms. The van der Waals surface area contributed by atoms with Gasteiger partial charge in [-0.15, -0.1) is 0 Å². The van der Waals surface area contributed by atoms with Crippen LogP contribution in [-0.4, -0.2) is 23.9 Å². The van der Waals surface area contributed by atoms with Gasteiger partial charge in [-0.05, 0) is 30.2 Å². The fourth-order valence-corrected chi connectivity index (χ4v) is 2.09. The van der Waals surface area contributed by atoms with Crippen molar-refractivity contribution < 1.29 is 13.6 Å². The Labute approximate surface area is 98.2 Å². The lowest BCUT2D eigenvalue weighted by atomic mass is 10.1. The van der Waals surface area contributed by atoms with Gasteiger partial charge in [0.1, 0.15) is 11.6 Å². The van der Waals surface area contributed by atoms with Gasteiger partial charge in [-0.25, -0.2) is 8.78 Å². The molecule has 1 heterocycles. The summed E-state index contributed by atoms with van der Waals surface area (Å²) < 4.78 is 26.0. The Morgan fingerprint density at radius 2 is 1.94 bits per heavy atom. The van der Waals surface area contributed by atoms with Crippen molar-refractivity contribution in [1.29, 1.82) is 0 Å². The van der Waals surface area contributed by atoms with E-state index >= 15 is 0 Å². The van der Waals surface area contributed by atoms with Crippen LogP contribution in [0.4, 0.5) is 8.78 Å². The third-order valence-corrected chi connectivity index (χ3v) is 2.92. The van der Waals surface area contributed by atoms with Crippen molar-refractivity contribution in [1.82, 2.24) is 4.90 Å². The quantitative estimate of drug-likeness (QED) is 0.864. The highest BCUT2D eigenvalue weighted by Crippen LogP contribution is 2.20. The fraction of sp³-hybridized carbons (Fsp3) is 0.417. The van der Waals surface area contributed by atoms with E-state index in [1.54, 1.807) is 4.90 Å². The molecule has 0 saturated carbocycles. The van der Waals surface area contributed by atoms with Crippen molar-refractivity contribution in [2.75, 3.05) is 13.1 Å². The molecule has 5 heteroatoms. The van der Waals surface area contributed by atoms with Crippen LogP contribution in [0.1, 0.15) is 12.0 Å². The largest absolute Gasteiger partial charge is 0.338 e. The van der Waals surface area contributed by atoms with Crippen LogP contribution in [0.2, 0.25) is 0 Å². The second kappa shape index (κ2) is 4.79. The molecule has 2 N–H and O–H groups in total. The van der Waals surface area contributed by atoms with Crippen LogP contribution in [0.25, 0.3) is 0 Å². The van der Waals surface area contributed by atoms with Gasteiger partial charge in [-0.3, -0.25) is 4.79 Å². The van der Waals surface area contributed by atoms with Gasteiger partial charge in [0.25, 0.3) is 0 Å². The fourth-order valence-electron chi connectivity index (χ4n) is 2.09. The number of benzene rings is 1. The first-order valence-electron chi connectivity index (χ1n) is 5.51. The van der Waals surface area contributed by atoms with Crippen LogP contribution in [0.3, 0.4) is 0 Å². The molecule has 1 atom stereocenters. The number of rotatable bonds is 3. The van der Waals surface area contributed by atoms with Crippen molar-refractivity contribution in [3.05, 3.63) is 35.4 Å². The van der Waals surface area contributed by atoms with Gasteiger partial charge in [-0.1, -0.05) is 0 Å². The van der Waals surface area contributed by atoms with Crippen molar-refractivity contribution in [2.24, 2.45) is 11.7 Å². The Balaban J connectivity index is 2.08. The van der Waals surface area contributed by atoms with Gasteiger partial charge in [0, 0.05) is 25.6 Å². The summed E-state index contributed by atoms with van der Waals surface area (Å²) in [5, 5.41) is 0. The molecular formula is C12H14F2N2O. The molecule has 17 heavy (non-hydrogen) atoms. The molecule has 0 radical (unpaired) electrons. The highest BCUT2D eigenvalue weighted by atomic mass is 19.1. The van der Waals surface area contributed by atoms with E-state index in [1.165, 1.54) is 12.1 Å². The molecule has 1 aliphatic heterocycles. The second-order valence-corrected chi connectivity index (χ2v) is 4.36. The lowest BCUT2D eigenvalue weighted by Gasteiger charge is -2.16. The molecule has 1 saturated heterocycles. The van der Waals surface area contributed by atoms with Gasteiger partial charge in [0.2, 0.25) is 5.91 Å². The lowest BCUT2D eigenvalue weighted by Crippen LogP contribution is -2.25. The van der Waals surface area contributed by atoms with Crippen LogP contribution >= 0.6 is 0 Å². The van der Waals surface area contributed by atoms with Crippen LogP contribution in [0, 0.1) is 17.6 Å². The van der Waals surface area contributed by atoms with E-state index in [-0.39, 0.29) is 18.4 Å². The summed E-state index contributed by atoms with van der Waals surface area (Å²) in [6, 6.07) is 3.30. The van der Waals surface area contributed by atoms with Crippen molar-refractivity contribution in [3.8, 4) is 0 Å². The number of nitrogens with zero attached hydrogens (tertiary/aromatic N) is 1. The zero-order chi connectivity index (χ0) is 12.4. The van der Waals surface area contributed by atoms with Crippen LogP contribution in [0.5, 0.6) is 0 Å². The highest BCUT2D eigenvalue weighted by molar-refractivity contribution is 5.78. The number of hydrogen-bond donors (Lipinski definition) is 1. The summed E-state index contributed by atoms with van der Waals surface area (Å²) in [5.41, 5.74) is 5.97. The van der Waals surface area contributed by atoms with Crippen LogP contribution < -0.4 is 5.73 Å². The third kappa shape index (κ3) is 2.79. The second-order valence-electron chi connectivity index (χ2n) is 4.36. The van der Waals surface area contributed by atoms with Gasteiger partial charge in [-0.2, -0.15) is 0 Å². The monoisotopic (exact) mass is 240 g/mol. The number of carbonyl (C=O) groups excluding carboxylic acids is 1. The summed E-state index contributed by atoms with van der Waals surface area (Å²) in [7, 11) is 0. The zero-order valence-corrected chi connectivity index (χ0v) is 9.33. The normalized spacial score (nSPS) is 20.1. The molecule has 1 aromatic rings. The number of hydrogen-bond acceptors (Lipinski definition) is 2. The first-order chi connectivity index (χ1) is 8.08. The third-order valence-electron chi connectivity index (χ3n) is 2.92. The molecule has 1 aliphatic rings. The van der Waals surface area contributed by atoms with E-state index in [1.807, 2.05) is 0 Å². The average Bonchev–Trinajstić information content (AvgIpc) is 2.58. The minimum absolute atomic E-state index is 0.00915. The molecule has 0 bridgehead atoms. The summed E-state index contributed by atoms with van der Waals surface area (Å²) >= 11 is 0. The SMILES string of the molecule is NCC1CC(=O)N(Cc2cc(F)cc(F)c2)C1. The Bertz CT molecular complexity index is 416. The first-order valence-corrected chi connectivity index (χ1v) is 5.51. The molecule has 2 rings (SSSR count). The Hall–Kier alpha value is -1.49. The Kier molecular flexibility index (Phi) is 3.38. The van der Waals surface area contributed by atoms with Crippen molar-refractivity contribution >= 4 is 5.91 Å². The standard InChI is InChI=1S/C12H14F2N2O/c13-10-1-8(2-11(14)4-10)6-16-7-9(5-15)3-12(16)17/h1-2,4,9H,3,5-7,15H2. The zero-order valence-electron chi connectivity index (χ0n) is 9.33. The smallest absolute Gasteiger partial charge is 0.223 e. The van der Waals surface area contributed by atoms with E-state index < -0.39 is 11.6 Å². The van der Waals surface area contributed by atoms with Crippen molar-refractivity contribution in [3.63, 3.8) is 0 Å². The number of nitrogens with two attached hydrogens (primary N) is 1. The van der Waals surface area contributed by atoms with E-state index in [0.29, 0.717) is 25.1 Å². The van der Waals surface area contributed by atoms with E-state index in [0.717, 1.165) is 6.07 Å². The van der Waals surface area contributed by atoms with Gasteiger partial charge in [0.05, 0.1) is 0 Å². The molecular weight excluding hydrogens is 226 g/mol. The average molecular weight is 240 g/mol. The Morgan fingerprint density at radius 1 is 1.29 bits per heavy atom. The van der Waals surface area contributed by atoms with E-state index in [4.69, 9.17) is 5.73 Å². The van der Waals surface area contributed by atoms with E-state index in [2.05, 4.69) is 0 Å². The number of likely N-dealkylation sites (tertiary alicyclic amines) is 1. The highest BCUT2D eigenvalue weighted by Gasteiger charge is 2.28. The summed E-state index contributed by atoms with van der Waals surface area (Å²) in [6.45, 7) is 1.26. The minimum atomic E-state index is -0.623. The molecule has 1 aromatic carbocycles. The summed E-state index contributed by atoms with van der Waals surface area (Å²) in [6.07, 6.45) is 0.425. The maximum absolute atomic E-state index is 13.0. The topological polar surface area (TPSA) is 46.3 Å². The van der Waals surface area contributed by atoms with Gasteiger partial charge >= 0.3 is 0 Å². The van der Waals surface area contributed by atoms with Gasteiger partial charge in [0.15, 0.2) is 0 Å². The van der Waals surface area contributed by atoms with E-state index in [9.17, 15) is 13.6 Å². The van der Waals surface area contributed by atoms with Gasteiger partial charge < -0.3 is 10.6 Å². The minimum Gasteiger partial charge on any atom is -0.338 e. The maximum atomic E-state index is 13.0. The molecule has 0 aromatic heterocycles. The summed E-state index contributed by atoms with van der Waals surface area (Å²) in [5.74, 6) is -1.10.